The summed E-state index contributed by atoms with van der Waals surface area (Å²) in [6.07, 6.45) is 2.36. The van der Waals surface area contributed by atoms with Crippen molar-refractivity contribution in [3.8, 4) is 11.5 Å². The molecule has 2 aromatic carbocycles. The van der Waals surface area contributed by atoms with Crippen LogP contribution in [-0.4, -0.2) is 56.8 Å². The quantitative estimate of drug-likeness (QED) is 0.160. The van der Waals surface area contributed by atoms with Crippen LogP contribution < -0.4 is 20.1 Å². The third kappa shape index (κ3) is 10.9. The fourth-order valence-electron chi connectivity index (χ4n) is 3.32. The summed E-state index contributed by atoms with van der Waals surface area (Å²) in [5.41, 5.74) is 1.65. The number of methoxy groups -OCH3 is 2. The van der Waals surface area contributed by atoms with Gasteiger partial charge in [-0.1, -0.05) is 24.3 Å². The number of ether oxygens (including phenoxy) is 3. The normalized spacial score (nSPS) is 11.1. The second kappa shape index (κ2) is 15.7. The van der Waals surface area contributed by atoms with Crippen LogP contribution in [0.15, 0.2) is 48.5 Å². The van der Waals surface area contributed by atoms with Crippen LogP contribution in [0.4, 0.5) is 0 Å². The maximum atomic E-state index is 12.7. The Balaban J connectivity index is 1.99. The van der Waals surface area contributed by atoms with Gasteiger partial charge in [0.25, 0.3) is 0 Å². The lowest BCUT2D eigenvalue weighted by atomic mass is 10.0. The molecule has 10 heteroatoms. The highest BCUT2D eigenvalue weighted by atomic mass is 16.5. The summed E-state index contributed by atoms with van der Waals surface area (Å²) < 4.78 is 14.9. The first kappa shape index (κ1) is 29.0. The number of amides is 2. The Bertz CT molecular complexity index is 1050. The Morgan fingerprint density at radius 2 is 1.51 bits per heavy atom. The van der Waals surface area contributed by atoms with Gasteiger partial charge in [0.15, 0.2) is 0 Å². The molecule has 0 aliphatic carbocycles. The first-order chi connectivity index (χ1) is 17.8. The van der Waals surface area contributed by atoms with Gasteiger partial charge in [0, 0.05) is 25.7 Å². The molecule has 0 saturated heterocycles. The lowest BCUT2D eigenvalue weighted by molar-refractivity contribution is -0.141. The lowest BCUT2D eigenvalue weighted by Gasteiger charge is -2.19. The summed E-state index contributed by atoms with van der Waals surface area (Å²) in [7, 11) is 2.79. The number of carbonyl (C=O) groups excluding carboxylic acids is 5. The van der Waals surface area contributed by atoms with Crippen LogP contribution in [0.2, 0.25) is 0 Å². The van der Waals surface area contributed by atoms with Gasteiger partial charge >= 0.3 is 11.9 Å². The molecule has 0 radical (unpaired) electrons. The number of benzene rings is 2. The molecular formula is C27H32N2O8. The van der Waals surface area contributed by atoms with Gasteiger partial charge in [-0.3, -0.25) is 19.2 Å². The summed E-state index contributed by atoms with van der Waals surface area (Å²) in [6.45, 7) is -0.327. The van der Waals surface area contributed by atoms with E-state index in [1.807, 2.05) is 24.3 Å². The average Bonchev–Trinajstić information content (AvgIpc) is 2.91. The zero-order chi connectivity index (χ0) is 27.0. The van der Waals surface area contributed by atoms with Gasteiger partial charge in [-0.05, 0) is 48.2 Å². The van der Waals surface area contributed by atoms with Crippen molar-refractivity contribution in [3.63, 3.8) is 0 Å². The maximum Gasteiger partial charge on any atom is 0.325 e. The van der Waals surface area contributed by atoms with Crippen molar-refractivity contribution in [2.45, 2.75) is 44.6 Å². The van der Waals surface area contributed by atoms with Crippen LogP contribution in [0.3, 0.4) is 0 Å². The van der Waals surface area contributed by atoms with Crippen molar-refractivity contribution < 1.29 is 38.2 Å². The van der Waals surface area contributed by atoms with Crippen molar-refractivity contribution in [2.24, 2.45) is 0 Å². The molecule has 37 heavy (non-hydrogen) atoms. The number of unbranched alkanes of at least 4 members (excludes halogenated alkanes) is 1. The van der Waals surface area contributed by atoms with Crippen molar-refractivity contribution in [3.05, 3.63) is 59.7 Å². The van der Waals surface area contributed by atoms with E-state index in [2.05, 4.69) is 15.4 Å². The molecule has 2 aromatic rings. The molecule has 0 aliphatic rings. The number of rotatable bonds is 15. The highest BCUT2D eigenvalue weighted by Gasteiger charge is 2.22. The van der Waals surface area contributed by atoms with Gasteiger partial charge in [-0.15, -0.1) is 0 Å². The molecule has 2 N–H and O–H groups in total. The van der Waals surface area contributed by atoms with Gasteiger partial charge in [0.2, 0.25) is 11.8 Å². The number of aryl methyl sites for hydroxylation is 1. The Hall–Kier alpha value is -4.21. The maximum absolute atomic E-state index is 12.7. The molecule has 1 atom stereocenters. The predicted octanol–water partition coefficient (Wildman–Crippen LogP) is 1.92. The zero-order valence-corrected chi connectivity index (χ0v) is 21.0. The van der Waals surface area contributed by atoms with Gasteiger partial charge in [-0.2, -0.15) is 0 Å². The number of aldehydes is 1. The molecule has 2 rings (SSSR count). The van der Waals surface area contributed by atoms with Crippen molar-refractivity contribution in [1.82, 2.24) is 10.6 Å². The molecule has 0 aliphatic heterocycles. The molecule has 0 aromatic heterocycles. The fourth-order valence-corrected chi connectivity index (χ4v) is 3.32. The smallest absolute Gasteiger partial charge is 0.325 e. The molecule has 0 spiro atoms. The van der Waals surface area contributed by atoms with Gasteiger partial charge in [0.1, 0.15) is 30.4 Å². The summed E-state index contributed by atoms with van der Waals surface area (Å²) in [4.78, 5) is 59.0. The average molecular weight is 513 g/mol. The van der Waals surface area contributed by atoms with Crippen LogP contribution in [-0.2, 0) is 41.6 Å². The van der Waals surface area contributed by atoms with Crippen LogP contribution in [0.5, 0.6) is 11.5 Å². The molecule has 2 amide bonds. The summed E-state index contributed by atoms with van der Waals surface area (Å²) in [5, 5.41) is 5.20. The minimum absolute atomic E-state index is 0.130. The lowest BCUT2D eigenvalue weighted by Crippen LogP contribution is -2.49. The highest BCUT2D eigenvalue weighted by molar-refractivity contribution is 5.90. The van der Waals surface area contributed by atoms with Crippen LogP contribution in [0, 0.1) is 0 Å². The van der Waals surface area contributed by atoms with Crippen molar-refractivity contribution >= 4 is 30.0 Å². The fraction of sp³-hybridized carbons (Fsp3) is 0.370. The molecule has 0 heterocycles. The summed E-state index contributed by atoms with van der Waals surface area (Å²) in [5.74, 6) is -0.871. The van der Waals surface area contributed by atoms with E-state index in [0.717, 1.165) is 11.8 Å². The van der Waals surface area contributed by atoms with E-state index in [0.29, 0.717) is 36.3 Å². The molecule has 0 fully saturated rings. The molecular weight excluding hydrogens is 480 g/mol. The molecule has 198 valence electrons. The first-order valence-corrected chi connectivity index (χ1v) is 11.8. The minimum Gasteiger partial charge on any atom is -0.497 e. The minimum atomic E-state index is -0.940. The van der Waals surface area contributed by atoms with E-state index < -0.39 is 23.9 Å². The monoisotopic (exact) mass is 512 g/mol. The number of esters is 2. The molecule has 1 unspecified atom stereocenters. The van der Waals surface area contributed by atoms with Gasteiger partial charge in [0.05, 0.1) is 14.2 Å². The van der Waals surface area contributed by atoms with Gasteiger partial charge in [-0.25, -0.2) is 0 Å². The van der Waals surface area contributed by atoms with Crippen LogP contribution in [0.25, 0.3) is 0 Å². The highest BCUT2D eigenvalue weighted by Crippen LogP contribution is 2.16. The SMILES string of the molecule is COC(=O)CNC(=O)C(Cc1ccc(OC(=O)CCCC=O)cc1)NC(=O)CCc1ccc(OC)cc1. The Morgan fingerprint density at radius 3 is 2.14 bits per heavy atom. The third-order valence-corrected chi connectivity index (χ3v) is 5.38. The third-order valence-electron chi connectivity index (χ3n) is 5.38. The topological polar surface area (TPSA) is 137 Å². The second-order valence-electron chi connectivity index (χ2n) is 8.14. The van der Waals surface area contributed by atoms with Gasteiger partial charge < -0.3 is 29.6 Å². The molecule has 10 nitrogen and oxygen atoms in total. The second-order valence-corrected chi connectivity index (χ2v) is 8.14. The summed E-state index contributed by atoms with van der Waals surface area (Å²) >= 11 is 0. The summed E-state index contributed by atoms with van der Waals surface area (Å²) in [6, 6.07) is 12.9. The van der Waals surface area contributed by atoms with E-state index >= 15 is 0 Å². The van der Waals surface area contributed by atoms with Crippen LogP contribution in [0.1, 0.15) is 36.8 Å². The standard InChI is InChI=1S/C27H32N2O8/c1-35-21-11-6-19(7-12-21)10-15-24(31)29-23(27(34)28-18-26(33)36-2)17-20-8-13-22(14-9-20)37-25(32)5-3-4-16-30/h6-9,11-14,16,23H,3-5,10,15,17-18H2,1-2H3,(H,28,34)(H,29,31). The molecule has 0 saturated carbocycles. The first-order valence-electron chi connectivity index (χ1n) is 11.8. The van der Waals surface area contributed by atoms with E-state index in [4.69, 9.17) is 9.47 Å². The number of carbonyl (C=O) groups is 5. The van der Waals surface area contributed by atoms with Crippen molar-refractivity contribution in [2.75, 3.05) is 20.8 Å². The van der Waals surface area contributed by atoms with E-state index in [-0.39, 0.29) is 31.7 Å². The van der Waals surface area contributed by atoms with E-state index in [1.54, 1.807) is 31.4 Å². The largest absolute Gasteiger partial charge is 0.497 e. The Morgan fingerprint density at radius 1 is 0.865 bits per heavy atom. The van der Waals surface area contributed by atoms with Crippen LogP contribution >= 0.6 is 0 Å². The molecule has 0 bridgehead atoms. The van der Waals surface area contributed by atoms with Crippen molar-refractivity contribution in [1.29, 1.82) is 0 Å². The number of nitrogens with one attached hydrogen (secondary N) is 2. The number of hydrogen-bond acceptors (Lipinski definition) is 8. The Labute approximate surface area is 215 Å². The predicted molar refractivity (Wildman–Crippen MR) is 134 cm³/mol. The zero-order valence-electron chi connectivity index (χ0n) is 21.0. The van der Waals surface area contributed by atoms with E-state index in [9.17, 15) is 24.0 Å². The van der Waals surface area contributed by atoms with E-state index in [1.165, 1.54) is 7.11 Å². The number of hydrogen-bond donors (Lipinski definition) is 2. The Kier molecular flexibility index (Phi) is 12.3.